The Kier molecular flexibility index (Phi) is 8.07. The highest BCUT2D eigenvalue weighted by Crippen LogP contribution is 2.37. The van der Waals surface area contributed by atoms with Gasteiger partial charge >= 0.3 is 5.97 Å². The lowest BCUT2D eigenvalue weighted by Gasteiger charge is -2.13. The number of ether oxygens (including phenoxy) is 2. The molecule has 0 saturated carbocycles. The van der Waals surface area contributed by atoms with E-state index in [1.807, 2.05) is 50.4 Å². The number of hydrogen-bond donors (Lipinski definition) is 1. The van der Waals surface area contributed by atoms with Gasteiger partial charge in [-0.3, -0.25) is 4.79 Å². The van der Waals surface area contributed by atoms with Gasteiger partial charge in [-0.1, -0.05) is 36.7 Å². The molecule has 1 aromatic heterocycles. The molecule has 0 aliphatic rings. The topological polar surface area (TPSA) is 60.5 Å². The van der Waals surface area contributed by atoms with Crippen molar-refractivity contribution in [1.29, 1.82) is 0 Å². The molecule has 0 fully saturated rings. The van der Waals surface area contributed by atoms with Gasteiger partial charge in [-0.15, -0.1) is 11.3 Å². The first-order valence-corrected chi connectivity index (χ1v) is 11.5. The monoisotopic (exact) mass is 458 g/mol. The summed E-state index contributed by atoms with van der Waals surface area (Å²) in [6.45, 7) is 6.50. The van der Waals surface area contributed by atoms with Crippen molar-refractivity contribution in [1.82, 2.24) is 10.3 Å². The predicted molar refractivity (Wildman–Crippen MR) is 127 cm³/mol. The third-order valence-corrected chi connectivity index (χ3v) is 6.02. The molecule has 0 aliphatic heterocycles. The van der Waals surface area contributed by atoms with Crippen LogP contribution in [-0.2, 0) is 22.6 Å². The standard InChI is InChI=1S/C24H27ClN2O3S/c1-5-18-17(14-29-23(28)13-26-4)7-6-8-19(18)22-12-27-24(31-22)16-9-10-21(20(25)11-16)30-15(2)3/h6-12,15,26H,5,13-14H2,1-4H3. The van der Waals surface area contributed by atoms with Gasteiger partial charge in [0.05, 0.1) is 22.5 Å². The Morgan fingerprint density at radius 2 is 2.06 bits per heavy atom. The van der Waals surface area contributed by atoms with Gasteiger partial charge in [-0.25, -0.2) is 4.98 Å². The molecule has 0 aliphatic carbocycles. The van der Waals surface area contributed by atoms with E-state index in [1.165, 1.54) is 0 Å². The van der Waals surface area contributed by atoms with Crippen molar-refractivity contribution in [3.8, 4) is 26.8 Å². The molecule has 0 amide bonds. The third kappa shape index (κ3) is 5.85. The molecule has 7 heteroatoms. The zero-order chi connectivity index (χ0) is 22.4. The van der Waals surface area contributed by atoms with Gasteiger partial charge in [0, 0.05) is 11.8 Å². The summed E-state index contributed by atoms with van der Waals surface area (Å²) in [6, 6.07) is 11.8. The summed E-state index contributed by atoms with van der Waals surface area (Å²) in [4.78, 5) is 17.4. The summed E-state index contributed by atoms with van der Waals surface area (Å²) in [7, 11) is 1.72. The number of esters is 1. The van der Waals surface area contributed by atoms with E-state index in [-0.39, 0.29) is 25.2 Å². The number of carbonyl (C=O) groups is 1. The second-order valence-electron chi connectivity index (χ2n) is 7.33. The van der Waals surface area contributed by atoms with E-state index in [0.29, 0.717) is 10.8 Å². The van der Waals surface area contributed by atoms with Crippen molar-refractivity contribution in [2.45, 2.75) is 39.9 Å². The molecule has 1 N–H and O–H groups in total. The number of nitrogens with zero attached hydrogens (tertiary/aromatic N) is 1. The van der Waals surface area contributed by atoms with Crippen molar-refractivity contribution < 1.29 is 14.3 Å². The Bertz CT molecular complexity index is 1050. The molecule has 2 aromatic carbocycles. The average molecular weight is 459 g/mol. The van der Waals surface area contributed by atoms with E-state index in [4.69, 9.17) is 21.1 Å². The lowest BCUT2D eigenvalue weighted by Crippen LogP contribution is -2.20. The van der Waals surface area contributed by atoms with Gasteiger partial charge in [0.25, 0.3) is 0 Å². The molecule has 0 bridgehead atoms. The Morgan fingerprint density at radius 1 is 1.26 bits per heavy atom. The minimum Gasteiger partial charge on any atom is -0.489 e. The van der Waals surface area contributed by atoms with Gasteiger partial charge in [0.15, 0.2) is 0 Å². The Balaban J connectivity index is 1.86. The van der Waals surface area contributed by atoms with E-state index in [2.05, 4.69) is 23.3 Å². The molecular formula is C24H27ClN2O3S. The average Bonchev–Trinajstić information content (AvgIpc) is 3.23. The van der Waals surface area contributed by atoms with E-state index < -0.39 is 0 Å². The normalized spacial score (nSPS) is 11.0. The molecule has 0 spiro atoms. The summed E-state index contributed by atoms with van der Waals surface area (Å²) < 4.78 is 11.1. The maximum Gasteiger partial charge on any atom is 0.320 e. The summed E-state index contributed by atoms with van der Waals surface area (Å²) in [6.07, 6.45) is 2.78. The number of aromatic nitrogens is 1. The highest BCUT2D eigenvalue weighted by molar-refractivity contribution is 7.18. The molecule has 1 heterocycles. The van der Waals surface area contributed by atoms with Crippen LogP contribution in [0.5, 0.6) is 5.75 Å². The first kappa shape index (κ1) is 23.3. The number of benzene rings is 2. The summed E-state index contributed by atoms with van der Waals surface area (Å²) in [5.41, 5.74) is 4.23. The SMILES string of the molecule is CCc1c(COC(=O)CNC)cccc1-c1cnc(-c2ccc(OC(C)C)c(Cl)c2)s1. The summed E-state index contributed by atoms with van der Waals surface area (Å²) >= 11 is 8.01. The van der Waals surface area contributed by atoms with Crippen LogP contribution >= 0.6 is 22.9 Å². The van der Waals surface area contributed by atoms with Gasteiger partial charge in [-0.05, 0) is 62.2 Å². The first-order valence-electron chi connectivity index (χ1n) is 10.3. The van der Waals surface area contributed by atoms with E-state index in [1.54, 1.807) is 18.4 Å². The lowest BCUT2D eigenvalue weighted by molar-refractivity contribution is -0.143. The fourth-order valence-corrected chi connectivity index (χ4v) is 4.48. The van der Waals surface area contributed by atoms with Crippen LogP contribution in [0.1, 0.15) is 31.9 Å². The number of likely N-dealkylation sites (N-methyl/N-ethyl adjacent to an activating group) is 1. The van der Waals surface area contributed by atoms with E-state index >= 15 is 0 Å². The molecule has 5 nitrogen and oxygen atoms in total. The largest absolute Gasteiger partial charge is 0.489 e. The van der Waals surface area contributed by atoms with Crippen molar-refractivity contribution in [3.05, 3.63) is 58.7 Å². The molecule has 3 rings (SSSR count). The Hall–Kier alpha value is -2.41. The quantitative estimate of drug-likeness (QED) is 0.414. The highest BCUT2D eigenvalue weighted by atomic mass is 35.5. The number of rotatable bonds is 9. The fourth-order valence-electron chi connectivity index (χ4n) is 3.29. The van der Waals surface area contributed by atoms with Crippen LogP contribution in [0.3, 0.4) is 0 Å². The number of thiazole rings is 1. The molecule has 164 valence electrons. The highest BCUT2D eigenvalue weighted by Gasteiger charge is 2.15. The molecular weight excluding hydrogens is 432 g/mol. The van der Waals surface area contributed by atoms with Crippen molar-refractivity contribution in [3.63, 3.8) is 0 Å². The maximum atomic E-state index is 11.7. The van der Waals surface area contributed by atoms with Crippen LogP contribution in [0, 0.1) is 0 Å². The molecule has 3 aromatic rings. The summed E-state index contributed by atoms with van der Waals surface area (Å²) in [5, 5.41) is 4.27. The fraction of sp³-hybridized carbons (Fsp3) is 0.333. The van der Waals surface area contributed by atoms with Crippen molar-refractivity contribution in [2.75, 3.05) is 13.6 Å². The molecule has 0 unspecified atom stereocenters. The summed E-state index contributed by atoms with van der Waals surface area (Å²) in [5.74, 6) is 0.405. The zero-order valence-corrected chi connectivity index (χ0v) is 19.8. The van der Waals surface area contributed by atoms with Crippen LogP contribution in [0.4, 0.5) is 0 Å². The van der Waals surface area contributed by atoms with Crippen molar-refractivity contribution in [2.24, 2.45) is 0 Å². The van der Waals surface area contributed by atoms with Crippen LogP contribution in [0.25, 0.3) is 21.0 Å². The molecule has 0 radical (unpaired) electrons. The number of hydrogen-bond acceptors (Lipinski definition) is 6. The van der Waals surface area contributed by atoms with Crippen LogP contribution in [0.2, 0.25) is 5.02 Å². The van der Waals surface area contributed by atoms with Gasteiger partial charge in [-0.2, -0.15) is 0 Å². The smallest absolute Gasteiger partial charge is 0.320 e. The van der Waals surface area contributed by atoms with Gasteiger partial charge in [0.1, 0.15) is 17.4 Å². The molecule has 0 saturated heterocycles. The minimum absolute atomic E-state index is 0.0621. The number of nitrogens with one attached hydrogen (secondary N) is 1. The van der Waals surface area contributed by atoms with Crippen LogP contribution in [0.15, 0.2) is 42.6 Å². The van der Waals surface area contributed by atoms with Crippen LogP contribution < -0.4 is 10.1 Å². The first-order chi connectivity index (χ1) is 14.9. The second-order valence-corrected chi connectivity index (χ2v) is 8.77. The van der Waals surface area contributed by atoms with E-state index in [0.717, 1.165) is 38.6 Å². The predicted octanol–water partition coefficient (Wildman–Crippen LogP) is 5.74. The third-order valence-electron chi connectivity index (χ3n) is 4.65. The minimum atomic E-state index is -0.267. The van der Waals surface area contributed by atoms with Crippen LogP contribution in [-0.4, -0.2) is 30.6 Å². The maximum absolute atomic E-state index is 11.7. The van der Waals surface area contributed by atoms with Gasteiger partial charge in [0.2, 0.25) is 0 Å². The molecule has 0 atom stereocenters. The zero-order valence-electron chi connectivity index (χ0n) is 18.2. The second kappa shape index (κ2) is 10.8. The van der Waals surface area contributed by atoms with E-state index in [9.17, 15) is 4.79 Å². The van der Waals surface area contributed by atoms with Crippen molar-refractivity contribution >= 4 is 28.9 Å². The lowest BCUT2D eigenvalue weighted by atomic mass is 9.98. The van der Waals surface area contributed by atoms with Gasteiger partial charge < -0.3 is 14.8 Å². The Labute approximate surface area is 192 Å². The number of halogens is 1. The Morgan fingerprint density at radius 3 is 2.74 bits per heavy atom. The number of carbonyl (C=O) groups excluding carboxylic acids is 1. The molecule has 31 heavy (non-hydrogen) atoms.